The van der Waals surface area contributed by atoms with Crippen LogP contribution in [0.5, 0.6) is 0 Å². The third-order valence-corrected chi connectivity index (χ3v) is 2.99. The number of imidazole rings is 1. The van der Waals surface area contributed by atoms with Crippen LogP contribution in [0.2, 0.25) is 0 Å². The second-order valence-corrected chi connectivity index (χ2v) is 4.31. The first-order valence-electron chi connectivity index (χ1n) is 6.07. The van der Waals surface area contributed by atoms with E-state index in [2.05, 4.69) is 21.8 Å². The fourth-order valence-corrected chi connectivity index (χ4v) is 1.70. The topological polar surface area (TPSA) is 72.9 Å². The number of hydrogen-bond acceptors (Lipinski definition) is 3. The lowest BCUT2D eigenvalue weighted by Gasteiger charge is -2.15. The van der Waals surface area contributed by atoms with Gasteiger partial charge in [0.15, 0.2) is 0 Å². The molecule has 1 amide bonds. The molecular formula is C12H22N4O. The highest BCUT2D eigenvalue weighted by Crippen LogP contribution is 2.06. The Morgan fingerprint density at radius 2 is 2.29 bits per heavy atom. The number of nitrogens with zero attached hydrogens (tertiary/aromatic N) is 2. The molecule has 5 heteroatoms. The zero-order chi connectivity index (χ0) is 12.8. The Balaban J connectivity index is 2.51. The van der Waals surface area contributed by atoms with E-state index in [4.69, 9.17) is 5.73 Å². The van der Waals surface area contributed by atoms with E-state index < -0.39 is 0 Å². The van der Waals surface area contributed by atoms with Gasteiger partial charge < -0.3 is 15.6 Å². The molecule has 1 unspecified atom stereocenters. The first-order valence-corrected chi connectivity index (χ1v) is 6.07. The summed E-state index contributed by atoms with van der Waals surface area (Å²) >= 11 is 0. The van der Waals surface area contributed by atoms with Crippen molar-refractivity contribution >= 4 is 5.91 Å². The molecule has 0 saturated heterocycles. The number of aryl methyl sites for hydroxylation is 2. The summed E-state index contributed by atoms with van der Waals surface area (Å²) in [5, 5.41) is 3.16. The summed E-state index contributed by atoms with van der Waals surface area (Å²) in [7, 11) is 0. The molecule has 0 saturated carbocycles. The van der Waals surface area contributed by atoms with E-state index in [-0.39, 0.29) is 11.9 Å². The molecule has 0 fully saturated rings. The Morgan fingerprint density at radius 3 is 2.76 bits per heavy atom. The Bertz CT molecular complexity index is 373. The van der Waals surface area contributed by atoms with E-state index in [0.717, 1.165) is 30.9 Å². The fourth-order valence-electron chi connectivity index (χ4n) is 1.70. The van der Waals surface area contributed by atoms with Gasteiger partial charge in [0, 0.05) is 12.2 Å². The number of rotatable bonds is 7. The van der Waals surface area contributed by atoms with Crippen LogP contribution in [-0.4, -0.2) is 28.0 Å². The highest BCUT2D eigenvalue weighted by Gasteiger charge is 2.14. The summed E-state index contributed by atoms with van der Waals surface area (Å²) in [6, 6.07) is -0.253. The molecule has 0 spiro atoms. The summed E-state index contributed by atoms with van der Waals surface area (Å²) in [6.07, 6.45) is 3.50. The monoisotopic (exact) mass is 238 g/mol. The van der Waals surface area contributed by atoms with Crippen molar-refractivity contribution in [3.05, 3.63) is 17.7 Å². The molecule has 0 aliphatic carbocycles. The van der Waals surface area contributed by atoms with Gasteiger partial charge in [-0.25, -0.2) is 4.98 Å². The van der Waals surface area contributed by atoms with E-state index in [9.17, 15) is 4.79 Å². The van der Waals surface area contributed by atoms with Gasteiger partial charge in [0.2, 0.25) is 5.91 Å². The molecule has 1 aromatic rings. The second kappa shape index (κ2) is 6.39. The maximum Gasteiger partial charge on any atom is 0.234 e. The minimum Gasteiger partial charge on any atom is -0.368 e. The predicted molar refractivity (Wildman–Crippen MR) is 67.6 cm³/mol. The van der Waals surface area contributed by atoms with E-state index in [1.54, 1.807) is 0 Å². The maximum absolute atomic E-state index is 11.3. The van der Waals surface area contributed by atoms with Crippen molar-refractivity contribution < 1.29 is 4.79 Å². The van der Waals surface area contributed by atoms with Crippen molar-refractivity contribution in [2.45, 2.75) is 46.2 Å². The van der Waals surface area contributed by atoms with Gasteiger partial charge in [-0.3, -0.25) is 4.79 Å². The number of amides is 1. The van der Waals surface area contributed by atoms with Crippen molar-refractivity contribution in [2.24, 2.45) is 5.73 Å². The van der Waals surface area contributed by atoms with Crippen molar-refractivity contribution in [1.82, 2.24) is 14.9 Å². The van der Waals surface area contributed by atoms with Crippen molar-refractivity contribution in [1.29, 1.82) is 0 Å². The first kappa shape index (κ1) is 13.7. The molecule has 1 heterocycles. The zero-order valence-electron chi connectivity index (χ0n) is 10.9. The molecule has 5 nitrogen and oxygen atoms in total. The summed E-state index contributed by atoms with van der Waals surface area (Å²) in [5.41, 5.74) is 7.53. The normalized spacial score (nSPS) is 12.6. The smallest absolute Gasteiger partial charge is 0.234 e. The van der Waals surface area contributed by atoms with Gasteiger partial charge in [-0.2, -0.15) is 0 Å². The van der Waals surface area contributed by atoms with E-state index in [0.29, 0.717) is 6.42 Å². The molecule has 0 aromatic carbocycles. The Morgan fingerprint density at radius 1 is 1.59 bits per heavy atom. The molecule has 1 atom stereocenters. The Kier molecular flexibility index (Phi) is 5.15. The zero-order valence-corrected chi connectivity index (χ0v) is 10.9. The standard InChI is InChI=1S/C12H22N4O/c1-4-6-14-11(12(13)17)5-7-16-8-15-9(2)10(16)3/h8,11,14H,4-7H2,1-3H3,(H2,13,17). The number of nitrogens with one attached hydrogen (secondary N) is 1. The molecule has 0 bridgehead atoms. The fraction of sp³-hybridized carbons (Fsp3) is 0.667. The number of hydrogen-bond donors (Lipinski definition) is 2. The van der Waals surface area contributed by atoms with Crippen LogP contribution < -0.4 is 11.1 Å². The molecule has 17 heavy (non-hydrogen) atoms. The van der Waals surface area contributed by atoms with Crippen LogP contribution in [0.25, 0.3) is 0 Å². The molecule has 0 aliphatic rings. The third kappa shape index (κ3) is 3.85. The van der Waals surface area contributed by atoms with Crippen molar-refractivity contribution in [2.75, 3.05) is 6.54 Å². The minimum atomic E-state index is -0.284. The minimum absolute atomic E-state index is 0.253. The number of primary amides is 1. The quantitative estimate of drug-likeness (QED) is 0.736. The average Bonchev–Trinajstić information content (AvgIpc) is 2.60. The lowest BCUT2D eigenvalue weighted by molar-refractivity contribution is -0.120. The summed E-state index contributed by atoms with van der Waals surface area (Å²) in [5.74, 6) is -0.284. The highest BCUT2D eigenvalue weighted by atomic mass is 16.1. The molecule has 96 valence electrons. The van der Waals surface area contributed by atoms with Gasteiger partial charge >= 0.3 is 0 Å². The number of carbonyl (C=O) groups excluding carboxylic acids is 1. The van der Waals surface area contributed by atoms with Crippen molar-refractivity contribution in [3.8, 4) is 0 Å². The molecule has 1 aromatic heterocycles. The largest absolute Gasteiger partial charge is 0.368 e. The molecule has 0 aliphatic heterocycles. The van der Waals surface area contributed by atoms with E-state index >= 15 is 0 Å². The number of carbonyl (C=O) groups is 1. The molecule has 3 N–H and O–H groups in total. The second-order valence-electron chi connectivity index (χ2n) is 4.31. The Labute approximate surface area is 102 Å². The van der Waals surface area contributed by atoms with Crippen LogP contribution in [0.1, 0.15) is 31.2 Å². The van der Waals surface area contributed by atoms with Crippen LogP contribution in [-0.2, 0) is 11.3 Å². The molecular weight excluding hydrogens is 216 g/mol. The summed E-state index contributed by atoms with van der Waals surface area (Å²) in [4.78, 5) is 15.5. The van der Waals surface area contributed by atoms with Gasteiger partial charge in [0.05, 0.1) is 18.1 Å². The van der Waals surface area contributed by atoms with Gasteiger partial charge in [-0.05, 0) is 33.2 Å². The molecule has 1 rings (SSSR count). The van der Waals surface area contributed by atoms with Gasteiger partial charge in [-0.15, -0.1) is 0 Å². The van der Waals surface area contributed by atoms with E-state index in [1.807, 2.05) is 20.2 Å². The van der Waals surface area contributed by atoms with Gasteiger partial charge in [-0.1, -0.05) is 6.92 Å². The molecule has 0 radical (unpaired) electrons. The van der Waals surface area contributed by atoms with Crippen LogP contribution in [0.4, 0.5) is 0 Å². The van der Waals surface area contributed by atoms with Crippen LogP contribution in [0.3, 0.4) is 0 Å². The predicted octanol–water partition coefficient (Wildman–Crippen LogP) is 0.744. The lowest BCUT2D eigenvalue weighted by Crippen LogP contribution is -2.42. The lowest BCUT2D eigenvalue weighted by atomic mass is 10.2. The number of aromatic nitrogens is 2. The summed E-state index contributed by atoms with van der Waals surface area (Å²) in [6.45, 7) is 7.65. The first-order chi connectivity index (χ1) is 8.06. The third-order valence-electron chi connectivity index (χ3n) is 2.99. The number of nitrogens with two attached hydrogens (primary N) is 1. The maximum atomic E-state index is 11.3. The average molecular weight is 238 g/mol. The van der Waals surface area contributed by atoms with Crippen LogP contribution in [0, 0.1) is 13.8 Å². The SMILES string of the molecule is CCCNC(CCn1cnc(C)c1C)C(N)=O. The van der Waals surface area contributed by atoms with E-state index in [1.165, 1.54) is 0 Å². The van der Waals surface area contributed by atoms with Crippen LogP contribution >= 0.6 is 0 Å². The Hall–Kier alpha value is -1.36. The van der Waals surface area contributed by atoms with Gasteiger partial charge in [0.1, 0.15) is 0 Å². The van der Waals surface area contributed by atoms with Crippen LogP contribution in [0.15, 0.2) is 6.33 Å². The summed E-state index contributed by atoms with van der Waals surface area (Å²) < 4.78 is 2.05. The van der Waals surface area contributed by atoms with Gasteiger partial charge in [0.25, 0.3) is 0 Å². The van der Waals surface area contributed by atoms with Crippen molar-refractivity contribution in [3.63, 3.8) is 0 Å². The highest BCUT2D eigenvalue weighted by molar-refractivity contribution is 5.79.